The zero-order valence-corrected chi connectivity index (χ0v) is 11.4. The minimum atomic E-state index is 0.472. The first-order valence-electron chi connectivity index (χ1n) is 6.44. The summed E-state index contributed by atoms with van der Waals surface area (Å²) < 4.78 is 0. The summed E-state index contributed by atoms with van der Waals surface area (Å²) in [6.07, 6.45) is 1.20. The van der Waals surface area contributed by atoms with Gasteiger partial charge >= 0.3 is 0 Å². The van der Waals surface area contributed by atoms with Crippen LogP contribution in [-0.4, -0.2) is 30.6 Å². The first-order chi connectivity index (χ1) is 8.22. The van der Waals surface area contributed by atoms with E-state index in [-0.39, 0.29) is 0 Å². The summed E-state index contributed by atoms with van der Waals surface area (Å²) >= 11 is 5.93. The fraction of sp³-hybridized carbons (Fsp3) is 0.571. The summed E-state index contributed by atoms with van der Waals surface area (Å²) in [7, 11) is 0. The second kappa shape index (κ2) is 5.85. The Balaban J connectivity index is 2.12. The van der Waals surface area contributed by atoms with Gasteiger partial charge in [0.05, 0.1) is 0 Å². The fourth-order valence-corrected chi connectivity index (χ4v) is 2.72. The highest BCUT2D eigenvalue weighted by Gasteiger charge is 2.25. The molecule has 1 heterocycles. The summed E-state index contributed by atoms with van der Waals surface area (Å²) in [5.74, 6) is 0. The molecule has 0 aromatic heterocycles. The maximum Gasteiger partial charge on any atom is 0.0406 e. The quantitative estimate of drug-likeness (QED) is 0.890. The van der Waals surface area contributed by atoms with Crippen molar-refractivity contribution in [3.05, 3.63) is 34.9 Å². The predicted octanol–water partition coefficient (Wildman–Crippen LogP) is 3.08. The van der Waals surface area contributed by atoms with Gasteiger partial charge < -0.3 is 5.32 Å². The summed E-state index contributed by atoms with van der Waals surface area (Å²) in [5, 5.41) is 4.28. The first-order valence-corrected chi connectivity index (χ1v) is 6.82. The number of hydrogen-bond acceptors (Lipinski definition) is 2. The van der Waals surface area contributed by atoms with Gasteiger partial charge in [-0.15, -0.1) is 0 Å². The summed E-state index contributed by atoms with van der Waals surface area (Å²) in [6.45, 7) is 7.88. The lowest BCUT2D eigenvalue weighted by molar-refractivity contribution is 0.112. The molecule has 0 aliphatic carbocycles. The van der Waals surface area contributed by atoms with E-state index in [0.29, 0.717) is 12.1 Å². The Morgan fingerprint density at radius 1 is 1.41 bits per heavy atom. The van der Waals surface area contributed by atoms with Crippen LogP contribution in [0.5, 0.6) is 0 Å². The van der Waals surface area contributed by atoms with Crippen LogP contribution in [0.4, 0.5) is 0 Å². The third kappa shape index (κ3) is 3.01. The molecule has 2 rings (SSSR count). The van der Waals surface area contributed by atoms with Crippen molar-refractivity contribution in [2.45, 2.75) is 32.4 Å². The van der Waals surface area contributed by atoms with Gasteiger partial charge in [0, 0.05) is 36.7 Å². The zero-order chi connectivity index (χ0) is 12.3. The Hall–Kier alpha value is -0.570. The largest absolute Gasteiger partial charge is 0.314 e. The average Bonchev–Trinajstić information content (AvgIpc) is 2.39. The normalized spacial score (nSPS) is 23.6. The molecule has 2 unspecified atom stereocenters. The highest BCUT2D eigenvalue weighted by Crippen LogP contribution is 2.25. The van der Waals surface area contributed by atoms with E-state index >= 15 is 0 Å². The van der Waals surface area contributed by atoms with Crippen LogP contribution in [0, 0.1) is 0 Å². The summed E-state index contributed by atoms with van der Waals surface area (Å²) in [5.41, 5.74) is 1.36. The van der Waals surface area contributed by atoms with Gasteiger partial charge in [-0.25, -0.2) is 0 Å². The minimum Gasteiger partial charge on any atom is -0.314 e. The molecule has 1 fully saturated rings. The third-order valence-corrected chi connectivity index (χ3v) is 3.97. The van der Waals surface area contributed by atoms with Crippen LogP contribution in [0.1, 0.15) is 31.9 Å². The third-order valence-electron chi connectivity index (χ3n) is 3.72. The van der Waals surface area contributed by atoms with Crippen molar-refractivity contribution in [1.82, 2.24) is 10.2 Å². The lowest BCUT2D eigenvalue weighted by Crippen LogP contribution is -2.51. The van der Waals surface area contributed by atoms with E-state index in [4.69, 9.17) is 11.6 Å². The molecule has 0 saturated carbocycles. The summed E-state index contributed by atoms with van der Waals surface area (Å²) in [4.78, 5) is 2.60. The number of nitrogens with one attached hydrogen (secondary N) is 1. The molecule has 1 aromatic rings. The molecule has 94 valence electrons. The van der Waals surface area contributed by atoms with Crippen LogP contribution >= 0.6 is 11.6 Å². The fourth-order valence-electron chi connectivity index (χ4n) is 2.60. The van der Waals surface area contributed by atoms with Crippen molar-refractivity contribution in [2.24, 2.45) is 0 Å². The standard InChI is InChI=1S/C14H21ClN2/c1-3-14-10-16-8-9-17(14)11(2)12-4-6-13(15)7-5-12/h4-7,11,14,16H,3,8-10H2,1-2H3. The van der Waals surface area contributed by atoms with Crippen LogP contribution in [0.25, 0.3) is 0 Å². The molecule has 2 nitrogen and oxygen atoms in total. The Morgan fingerprint density at radius 2 is 2.12 bits per heavy atom. The van der Waals surface area contributed by atoms with Gasteiger partial charge in [0.1, 0.15) is 0 Å². The molecule has 0 bridgehead atoms. The van der Waals surface area contributed by atoms with E-state index in [1.165, 1.54) is 12.0 Å². The topological polar surface area (TPSA) is 15.3 Å². The van der Waals surface area contributed by atoms with Crippen LogP contribution in [-0.2, 0) is 0 Å². The molecule has 2 atom stereocenters. The lowest BCUT2D eigenvalue weighted by atomic mass is 10.0. The highest BCUT2D eigenvalue weighted by molar-refractivity contribution is 6.30. The summed E-state index contributed by atoms with van der Waals surface area (Å²) in [6, 6.07) is 9.37. The van der Waals surface area contributed by atoms with Gasteiger partial charge in [0.2, 0.25) is 0 Å². The second-order valence-electron chi connectivity index (χ2n) is 4.73. The number of halogens is 1. The molecular weight excluding hydrogens is 232 g/mol. The lowest BCUT2D eigenvalue weighted by Gasteiger charge is -2.40. The van der Waals surface area contributed by atoms with Gasteiger partial charge in [-0.05, 0) is 31.0 Å². The number of piperazine rings is 1. The van der Waals surface area contributed by atoms with Crippen molar-refractivity contribution in [2.75, 3.05) is 19.6 Å². The highest BCUT2D eigenvalue weighted by atomic mass is 35.5. The molecular formula is C14H21ClN2. The van der Waals surface area contributed by atoms with E-state index < -0.39 is 0 Å². The van der Waals surface area contributed by atoms with E-state index in [0.717, 1.165) is 24.7 Å². The average molecular weight is 253 g/mol. The second-order valence-corrected chi connectivity index (χ2v) is 5.17. The SMILES string of the molecule is CCC1CNCCN1C(C)c1ccc(Cl)cc1. The van der Waals surface area contributed by atoms with Crippen molar-refractivity contribution in [1.29, 1.82) is 0 Å². The van der Waals surface area contributed by atoms with Gasteiger partial charge in [0.25, 0.3) is 0 Å². The van der Waals surface area contributed by atoms with E-state index in [9.17, 15) is 0 Å². The van der Waals surface area contributed by atoms with Gasteiger partial charge in [-0.2, -0.15) is 0 Å². The maximum atomic E-state index is 5.93. The Kier molecular flexibility index (Phi) is 4.43. The molecule has 3 heteroatoms. The monoisotopic (exact) mass is 252 g/mol. The predicted molar refractivity (Wildman–Crippen MR) is 73.5 cm³/mol. The number of rotatable bonds is 3. The van der Waals surface area contributed by atoms with E-state index in [2.05, 4.69) is 36.2 Å². The van der Waals surface area contributed by atoms with Crippen molar-refractivity contribution >= 4 is 11.6 Å². The zero-order valence-electron chi connectivity index (χ0n) is 10.6. The molecule has 1 saturated heterocycles. The first kappa shape index (κ1) is 12.9. The molecule has 0 amide bonds. The Morgan fingerprint density at radius 3 is 2.76 bits per heavy atom. The molecule has 0 radical (unpaired) electrons. The number of nitrogens with zero attached hydrogens (tertiary/aromatic N) is 1. The maximum absolute atomic E-state index is 5.93. The van der Waals surface area contributed by atoms with Crippen molar-refractivity contribution in [3.63, 3.8) is 0 Å². The van der Waals surface area contributed by atoms with Gasteiger partial charge in [-0.1, -0.05) is 30.7 Å². The Bertz CT molecular complexity index is 350. The molecule has 1 aliphatic rings. The molecule has 0 spiro atoms. The van der Waals surface area contributed by atoms with E-state index in [1.54, 1.807) is 0 Å². The van der Waals surface area contributed by atoms with Gasteiger partial charge in [-0.3, -0.25) is 4.90 Å². The number of hydrogen-bond donors (Lipinski definition) is 1. The van der Waals surface area contributed by atoms with Crippen LogP contribution in [0.2, 0.25) is 5.02 Å². The van der Waals surface area contributed by atoms with Crippen molar-refractivity contribution in [3.8, 4) is 0 Å². The molecule has 17 heavy (non-hydrogen) atoms. The van der Waals surface area contributed by atoms with Crippen LogP contribution < -0.4 is 5.32 Å². The molecule has 1 aliphatic heterocycles. The minimum absolute atomic E-state index is 0.472. The molecule has 1 aromatic carbocycles. The van der Waals surface area contributed by atoms with Crippen LogP contribution in [0.3, 0.4) is 0 Å². The van der Waals surface area contributed by atoms with Crippen LogP contribution in [0.15, 0.2) is 24.3 Å². The van der Waals surface area contributed by atoms with E-state index in [1.807, 2.05) is 12.1 Å². The van der Waals surface area contributed by atoms with Gasteiger partial charge in [0.15, 0.2) is 0 Å². The van der Waals surface area contributed by atoms with Crippen molar-refractivity contribution < 1.29 is 0 Å². The smallest absolute Gasteiger partial charge is 0.0406 e. The Labute approximate surface area is 109 Å². The molecule has 1 N–H and O–H groups in total. The number of benzene rings is 1.